The minimum Gasteiger partial charge on any atom is -0.501 e. The van der Waals surface area contributed by atoms with Crippen LogP contribution in [0.15, 0.2) is 35.3 Å². The standard InChI is InChI=1S/C25H30O7/c1-4-31-22(30)20-19(28)21(29)25(32-20)10-8-16-15-6-5-13-11-14(26)7-9-23(13,2)18(15)17(27)12-24(16,25)3/h7,9,11,15-18,27-28H,4-6,8,10,12H2,1-3H3/t15-,16-,17?,18+,23-,24-,25-/m0/s1. The fourth-order valence-corrected chi connectivity index (χ4v) is 7.75. The molecule has 0 aromatic heterocycles. The van der Waals surface area contributed by atoms with Crippen molar-refractivity contribution in [1.29, 1.82) is 0 Å². The van der Waals surface area contributed by atoms with E-state index in [1.54, 1.807) is 19.1 Å². The summed E-state index contributed by atoms with van der Waals surface area (Å²) in [6.45, 7) is 5.80. The quantitative estimate of drug-likeness (QED) is 0.633. The van der Waals surface area contributed by atoms with Gasteiger partial charge in [0.2, 0.25) is 11.5 Å². The number of aliphatic hydroxyl groups excluding tert-OH is 2. The lowest BCUT2D eigenvalue weighted by Crippen LogP contribution is -2.61. The number of ketones is 2. The van der Waals surface area contributed by atoms with Crippen molar-refractivity contribution in [3.05, 3.63) is 35.3 Å². The van der Waals surface area contributed by atoms with Gasteiger partial charge >= 0.3 is 5.97 Å². The first kappa shape index (κ1) is 21.4. The Labute approximate surface area is 187 Å². The second kappa shape index (κ2) is 6.80. The Kier molecular flexibility index (Phi) is 4.55. The zero-order valence-corrected chi connectivity index (χ0v) is 18.7. The summed E-state index contributed by atoms with van der Waals surface area (Å²) in [5, 5.41) is 22.0. The molecule has 1 heterocycles. The highest BCUT2D eigenvalue weighted by Crippen LogP contribution is 2.69. The highest BCUT2D eigenvalue weighted by molar-refractivity contribution is 6.09. The van der Waals surface area contributed by atoms with Gasteiger partial charge in [0.1, 0.15) is 0 Å². The molecular weight excluding hydrogens is 412 g/mol. The summed E-state index contributed by atoms with van der Waals surface area (Å²) in [5.41, 5.74) is -1.44. The van der Waals surface area contributed by atoms with Crippen molar-refractivity contribution >= 4 is 17.5 Å². The molecule has 1 spiro atoms. The van der Waals surface area contributed by atoms with Crippen LogP contribution in [0.1, 0.15) is 52.9 Å². The van der Waals surface area contributed by atoms with E-state index in [9.17, 15) is 24.6 Å². The van der Waals surface area contributed by atoms with Crippen molar-refractivity contribution in [3.8, 4) is 0 Å². The van der Waals surface area contributed by atoms with Crippen molar-refractivity contribution < 1.29 is 34.1 Å². The summed E-state index contributed by atoms with van der Waals surface area (Å²) < 4.78 is 11.0. The Morgan fingerprint density at radius 2 is 2.03 bits per heavy atom. The molecule has 7 nitrogen and oxygen atoms in total. The lowest BCUT2D eigenvalue weighted by Gasteiger charge is -2.59. The van der Waals surface area contributed by atoms with E-state index in [-0.39, 0.29) is 30.1 Å². The summed E-state index contributed by atoms with van der Waals surface area (Å²) in [6, 6.07) is 0. The SMILES string of the molecule is CCOC(=O)C1=C(O)C(=O)[C@]2(CC[C@H]3[C@@H]4CCC5=CC(=O)C=C[C@]5(C)[C@H]4C(O)C[C@@]32C)O1. The first-order valence-corrected chi connectivity index (χ1v) is 11.6. The van der Waals surface area contributed by atoms with Gasteiger partial charge in [-0.3, -0.25) is 9.59 Å². The van der Waals surface area contributed by atoms with E-state index >= 15 is 0 Å². The van der Waals surface area contributed by atoms with E-state index in [0.717, 1.165) is 18.4 Å². The Morgan fingerprint density at radius 3 is 2.75 bits per heavy atom. The predicted molar refractivity (Wildman–Crippen MR) is 113 cm³/mol. The van der Waals surface area contributed by atoms with Crippen molar-refractivity contribution in [2.45, 2.75) is 64.6 Å². The molecule has 4 aliphatic carbocycles. The third-order valence-corrected chi connectivity index (χ3v) is 9.15. The number of fused-ring (bicyclic) bond motifs is 6. The van der Waals surface area contributed by atoms with Crippen LogP contribution in [0.5, 0.6) is 0 Å². The van der Waals surface area contributed by atoms with Crippen LogP contribution in [0.2, 0.25) is 0 Å². The summed E-state index contributed by atoms with van der Waals surface area (Å²) in [4.78, 5) is 37.6. The maximum atomic E-state index is 13.3. The first-order valence-electron chi connectivity index (χ1n) is 11.6. The van der Waals surface area contributed by atoms with E-state index in [4.69, 9.17) is 9.47 Å². The molecule has 0 radical (unpaired) electrons. The minimum atomic E-state index is -1.37. The zero-order chi connectivity index (χ0) is 23.1. The Hall–Kier alpha value is -2.41. The average molecular weight is 443 g/mol. The number of Topliss-reactive ketones (excluding diaryl/α,β-unsaturated/α-hetero) is 1. The van der Waals surface area contributed by atoms with Gasteiger partial charge in [-0.1, -0.05) is 25.5 Å². The maximum Gasteiger partial charge on any atom is 0.377 e. The molecule has 7 heteroatoms. The molecule has 5 aliphatic rings. The monoisotopic (exact) mass is 442 g/mol. The van der Waals surface area contributed by atoms with E-state index in [1.807, 2.05) is 13.0 Å². The topological polar surface area (TPSA) is 110 Å². The van der Waals surface area contributed by atoms with Crippen molar-refractivity contribution in [2.24, 2.45) is 28.6 Å². The molecule has 7 atom stereocenters. The van der Waals surface area contributed by atoms with Crippen LogP contribution >= 0.6 is 0 Å². The molecular formula is C25H30O7. The Balaban J connectivity index is 1.51. The van der Waals surface area contributed by atoms with E-state index in [0.29, 0.717) is 19.3 Å². The largest absolute Gasteiger partial charge is 0.501 e. The molecule has 0 aromatic rings. The number of carbonyl (C=O) groups is 3. The smallest absolute Gasteiger partial charge is 0.377 e. The Morgan fingerprint density at radius 1 is 1.28 bits per heavy atom. The molecule has 172 valence electrons. The summed E-state index contributed by atoms with van der Waals surface area (Å²) in [5.74, 6) is -2.37. The van der Waals surface area contributed by atoms with Gasteiger partial charge in [0.05, 0.1) is 12.7 Å². The normalized spacial score (nSPS) is 44.7. The third-order valence-electron chi connectivity index (χ3n) is 9.15. The van der Waals surface area contributed by atoms with Gasteiger partial charge in [0.25, 0.3) is 5.76 Å². The molecule has 3 fully saturated rings. The number of carbonyl (C=O) groups excluding carboxylic acids is 3. The van der Waals surface area contributed by atoms with Crippen molar-refractivity contribution in [1.82, 2.24) is 0 Å². The number of allylic oxidation sites excluding steroid dienone is 4. The highest BCUT2D eigenvalue weighted by atomic mass is 16.6. The molecule has 5 rings (SSSR count). The van der Waals surface area contributed by atoms with E-state index < -0.39 is 45.8 Å². The molecule has 2 N–H and O–H groups in total. The molecule has 32 heavy (non-hydrogen) atoms. The average Bonchev–Trinajstić information content (AvgIpc) is 3.17. The van der Waals surface area contributed by atoms with Gasteiger partial charge in [0.15, 0.2) is 11.4 Å². The van der Waals surface area contributed by atoms with Crippen LogP contribution in [0.3, 0.4) is 0 Å². The molecule has 1 unspecified atom stereocenters. The second-order valence-corrected chi connectivity index (χ2v) is 10.4. The van der Waals surface area contributed by atoms with Gasteiger partial charge < -0.3 is 19.7 Å². The maximum absolute atomic E-state index is 13.3. The van der Waals surface area contributed by atoms with Crippen molar-refractivity contribution in [3.63, 3.8) is 0 Å². The van der Waals surface area contributed by atoms with Crippen LogP contribution in [0, 0.1) is 28.6 Å². The summed E-state index contributed by atoms with van der Waals surface area (Å²) >= 11 is 0. The van der Waals surface area contributed by atoms with E-state index in [1.165, 1.54) is 0 Å². The Bertz CT molecular complexity index is 1010. The number of aliphatic hydroxyl groups is 2. The molecule has 3 saturated carbocycles. The fourth-order valence-electron chi connectivity index (χ4n) is 7.75. The number of rotatable bonds is 2. The highest BCUT2D eigenvalue weighted by Gasteiger charge is 2.72. The van der Waals surface area contributed by atoms with Crippen LogP contribution < -0.4 is 0 Å². The molecule has 0 amide bonds. The van der Waals surface area contributed by atoms with Gasteiger partial charge in [0, 0.05) is 16.7 Å². The first-order chi connectivity index (χ1) is 15.1. The van der Waals surface area contributed by atoms with Crippen LogP contribution in [0.4, 0.5) is 0 Å². The van der Waals surface area contributed by atoms with Gasteiger partial charge in [-0.25, -0.2) is 4.79 Å². The zero-order valence-electron chi connectivity index (χ0n) is 18.7. The fraction of sp³-hybridized carbons (Fsp3) is 0.640. The van der Waals surface area contributed by atoms with Crippen molar-refractivity contribution in [2.75, 3.05) is 6.61 Å². The predicted octanol–water partition coefficient (Wildman–Crippen LogP) is 2.94. The second-order valence-electron chi connectivity index (χ2n) is 10.4. The summed E-state index contributed by atoms with van der Waals surface area (Å²) in [6.07, 6.45) is 7.53. The number of hydrogen-bond donors (Lipinski definition) is 2. The molecule has 0 bridgehead atoms. The number of ether oxygens (including phenoxy) is 2. The number of esters is 1. The summed E-state index contributed by atoms with van der Waals surface area (Å²) in [7, 11) is 0. The van der Waals surface area contributed by atoms with Crippen LogP contribution in [-0.4, -0.2) is 46.1 Å². The number of hydrogen-bond acceptors (Lipinski definition) is 7. The molecule has 0 saturated heterocycles. The molecule has 1 aliphatic heterocycles. The van der Waals surface area contributed by atoms with Crippen LogP contribution in [0.25, 0.3) is 0 Å². The van der Waals surface area contributed by atoms with Gasteiger partial charge in [-0.2, -0.15) is 0 Å². The minimum absolute atomic E-state index is 0.0103. The van der Waals surface area contributed by atoms with Gasteiger partial charge in [-0.05, 0) is 63.0 Å². The molecule has 0 aromatic carbocycles. The van der Waals surface area contributed by atoms with Gasteiger partial charge in [-0.15, -0.1) is 0 Å². The lowest BCUT2D eigenvalue weighted by molar-refractivity contribution is -0.177. The lowest BCUT2D eigenvalue weighted by atomic mass is 9.46. The third kappa shape index (κ3) is 2.49. The van der Waals surface area contributed by atoms with E-state index in [2.05, 4.69) is 6.92 Å². The van der Waals surface area contributed by atoms with Crippen LogP contribution in [-0.2, 0) is 23.9 Å².